The Hall–Kier alpha value is -1.51. The number of fused-ring (bicyclic) bond motifs is 1. The molecule has 1 unspecified atom stereocenters. The number of hydrogen-bond donors (Lipinski definition) is 4. The zero-order chi connectivity index (χ0) is 14.2. The predicted octanol–water partition coefficient (Wildman–Crippen LogP) is -0.497. The average molecular weight is 286 g/mol. The molecule has 0 amide bonds. The first kappa shape index (κ1) is 13.9. The van der Waals surface area contributed by atoms with Crippen molar-refractivity contribution < 1.29 is 20.1 Å². The second-order valence-electron chi connectivity index (χ2n) is 4.22. The molecule has 4 N–H and O–H groups in total. The third kappa shape index (κ3) is 2.46. The van der Waals surface area contributed by atoms with E-state index in [9.17, 15) is 19.8 Å². The van der Waals surface area contributed by atoms with Gasteiger partial charge in [0.25, 0.3) is 5.56 Å². The number of hydrogen-bond acceptors (Lipinski definition) is 6. The van der Waals surface area contributed by atoms with Crippen molar-refractivity contribution >= 4 is 17.7 Å². The van der Waals surface area contributed by atoms with E-state index in [0.717, 1.165) is 5.69 Å². The van der Waals surface area contributed by atoms with Crippen molar-refractivity contribution in [2.24, 2.45) is 7.05 Å². The lowest BCUT2D eigenvalue weighted by atomic mass is 10.1. The fourth-order valence-corrected chi connectivity index (χ4v) is 3.19. The van der Waals surface area contributed by atoms with E-state index in [0.29, 0.717) is 17.1 Å². The molecule has 0 saturated heterocycles. The molecule has 0 aromatic carbocycles. The smallest absolute Gasteiger partial charge is 0.317 e. The summed E-state index contributed by atoms with van der Waals surface area (Å²) < 4.78 is 1.38. The minimum Gasteiger partial charge on any atom is -0.507 e. The normalized spacial score (nSPS) is 15.3. The molecule has 0 bridgehead atoms. The van der Waals surface area contributed by atoms with Gasteiger partial charge in [0.05, 0.1) is 6.54 Å². The van der Waals surface area contributed by atoms with Crippen LogP contribution in [0.4, 0.5) is 0 Å². The molecule has 1 atom stereocenters. The summed E-state index contributed by atoms with van der Waals surface area (Å²) in [5.74, 6) is -0.206. The maximum atomic E-state index is 12.1. The van der Waals surface area contributed by atoms with E-state index in [2.05, 4.69) is 5.32 Å². The van der Waals surface area contributed by atoms with Crippen LogP contribution in [0.5, 0.6) is 5.75 Å². The molecule has 0 fully saturated rings. The molecule has 19 heavy (non-hydrogen) atoms. The molecular formula is C11H14N2O5S. The van der Waals surface area contributed by atoms with Gasteiger partial charge in [-0.1, -0.05) is 0 Å². The van der Waals surface area contributed by atoms with Crippen molar-refractivity contribution in [3.63, 3.8) is 0 Å². The lowest BCUT2D eigenvalue weighted by Crippen LogP contribution is -2.34. The van der Waals surface area contributed by atoms with E-state index < -0.39 is 24.3 Å². The van der Waals surface area contributed by atoms with E-state index in [4.69, 9.17) is 5.11 Å². The molecule has 1 aromatic heterocycles. The van der Waals surface area contributed by atoms with Crippen molar-refractivity contribution in [2.45, 2.75) is 17.7 Å². The third-order valence-corrected chi connectivity index (χ3v) is 4.00. The second kappa shape index (κ2) is 5.24. The van der Waals surface area contributed by atoms with E-state index in [1.54, 1.807) is 18.8 Å². The van der Waals surface area contributed by atoms with Crippen LogP contribution in [-0.4, -0.2) is 32.4 Å². The van der Waals surface area contributed by atoms with Gasteiger partial charge in [0.2, 0.25) is 0 Å². The van der Waals surface area contributed by atoms with Crippen molar-refractivity contribution in [3.8, 4) is 5.75 Å². The minimum atomic E-state index is -1.51. The Bertz CT molecular complexity index is 583. The second-order valence-corrected chi connectivity index (χ2v) is 5.21. The lowest BCUT2D eigenvalue weighted by Gasteiger charge is -2.17. The number of aliphatic hydroxyl groups excluding tert-OH is 1. The zero-order valence-corrected chi connectivity index (χ0v) is 11.0. The number of aliphatic hydroxyl groups is 1. The molecule has 104 valence electrons. The molecule has 0 spiro atoms. The number of pyridine rings is 1. The molecule has 1 aliphatic heterocycles. The number of thioether (sulfide) groups is 1. The summed E-state index contributed by atoms with van der Waals surface area (Å²) in [6, 6.07) is 0. The van der Waals surface area contributed by atoms with E-state index in [-0.39, 0.29) is 11.3 Å². The van der Waals surface area contributed by atoms with Gasteiger partial charge in [0.15, 0.2) is 0 Å². The number of nitrogens with zero attached hydrogens (tertiary/aromatic N) is 1. The van der Waals surface area contributed by atoms with Crippen LogP contribution in [0.3, 0.4) is 0 Å². The lowest BCUT2D eigenvalue weighted by molar-refractivity contribution is -0.136. The van der Waals surface area contributed by atoms with Crippen molar-refractivity contribution in [3.05, 3.63) is 27.2 Å². The van der Waals surface area contributed by atoms with Crippen molar-refractivity contribution in [1.29, 1.82) is 0 Å². The van der Waals surface area contributed by atoms with Gasteiger partial charge < -0.3 is 19.9 Å². The molecule has 2 heterocycles. The summed E-state index contributed by atoms with van der Waals surface area (Å²) in [6.45, 7) is -0.504. The van der Waals surface area contributed by atoms with Gasteiger partial charge in [-0.3, -0.25) is 14.9 Å². The molecule has 7 nitrogen and oxygen atoms in total. The maximum Gasteiger partial charge on any atom is 0.317 e. The SMILES string of the molecule is Cn1c2c(c(O)c(C(O)NCC(=O)O)c1=O)CSC2. The highest BCUT2D eigenvalue weighted by Gasteiger charge is 2.27. The Morgan fingerprint density at radius 2 is 2.21 bits per heavy atom. The summed E-state index contributed by atoms with van der Waals surface area (Å²) in [4.78, 5) is 22.5. The first-order chi connectivity index (χ1) is 8.93. The van der Waals surface area contributed by atoms with Crippen LogP contribution in [-0.2, 0) is 23.3 Å². The van der Waals surface area contributed by atoms with Gasteiger partial charge in [-0.15, -0.1) is 0 Å². The molecule has 2 rings (SSSR count). The highest BCUT2D eigenvalue weighted by atomic mass is 32.2. The number of rotatable bonds is 4. The summed E-state index contributed by atoms with van der Waals surface area (Å²) in [5, 5.41) is 30.7. The summed E-state index contributed by atoms with van der Waals surface area (Å²) in [6.07, 6.45) is -1.51. The highest BCUT2D eigenvalue weighted by Crippen LogP contribution is 2.37. The Labute approximate surface area is 112 Å². The Morgan fingerprint density at radius 3 is 2.84 bits per heavy atom. The van der Waals surface area contributed by atoms with Crippen LogP contribution in [0.1, 0.15) is 23.0 Å². The van der Waals surface area contributed by atoms with Crippen molar-refractivity contribution in [1.82, 2.24) is 9.88 Å². The molecule has 1 aromatic rings. The number of aromatic nitrogens is 1. The number of aromatic hydroxyl groups is 1. The van der Waals surface area contributed by atoms with Gasteiger partial charge >= 0.3 is 5.97 Å². The number of carboxylic acid groups (broad SMARTS) is 1. The van der Waals surface area contributed by atoms with Crippen LogP contribution >= 0.6 is 11.8 Å². The third-order valence-electron chi connectivity index (χ3n) is 3.03. The highest BCUT2D eigenvalue weighted by molar-refractivity contribution is 7.98. The van der Waals surface area contributed by atoms with Crippen LogP contribution in [0, 0.1) is 0 Å². The summed E-state index contributed by atoms with van der Waals surface area (Å²) in [7, 11) is 1.57. The Morgan fingerprint density at radius 1 is 1.53 bits per heavy atom. The molecule has 0 radical (unpaired) electrons. The van der Waals surface area contributed by atoms with Crippen LogP contribution in [0.15, 0.2) is 4.79 Å². The largest absolute Gasteiger partial charge is 0.507 e. The van der Waals surface area contributed by atoms with E-state index >= 15 is 0 Å². The van der Waals surface area contributed by atoms with Crippen LogP contribution in [0.2, 0.25) is 0 Å². The topological polar surface area (TPSA) is 112 Å². The summed E-state index contributed by atoms with van der Waals surface area (Å²) >= 11 is 1.56. The quantitative estimate of drug-likeness (QED) is 0.552. The fourth-order valence-electron chi connectivity index (χ4n) is 2.02. The molecular weight excluding hydrogens is 272 g/mol. The van der Waals surface area contributed by atoms with E-state index in [1.807, 2.05) is 0 Å². The molecule has 1 aliphatic rings. The van der Waals surface area contributed by atoms with Crippen LogP contribution in [0.25, 0.3) is 0 Å². The molecule has 0 saturated carbocycles. The summed E-state index contributed by atoms with van der Waals surface area (Å²) in [5.41, 5.74) is 0.633. The number of aliphatic carboxylic acids is 1. The number of carbonyl (C=O) groups is 1. The van der Waals surface area contributed by atoms with E-state index in [1.165, 1.54) is 4.57 Å². The van der Waals surface area contributed by atoms with Gasteiger partial charge in [-0.05, 0) is 0 Å². The monoisotopic (exact) mass is 286 g/mol. The number of nitrogens with one attached hydrogen (secondary N) is 1. The van der Waals surface area contributed by atoms with Gasteiger partial charge in [0.1, 0.15) is 17.5 Å². The van der Waals surface area contributed by atoms with Gasteiger partial charge in [0, 0.05) is 29.8 Å². The first-order valence-corrected chi connectivity index (χ1v) is 6.73. The molecule has 0 aliphatic carbocycles. The minimum absolute atomic E-state index is 0.204. The average Bonchev–Trinajstić information content (AvgIpc) is 2.83. The first-order valence-electron chi connectivity index (χ1n) is 5.58. The fraction of sp³-hybridized carbons (Fsp3) is 0.455. The van der Waals surface area contributed by atoms with Gasteiger partial charge in [-0.25, -0.2) is 0 Å². The van der Waals surface area contributed by atoms with Gasteiger partial charge in [-0.2, -0.15) is 11.8 Å². The Balaban J connectivity index is 2.43. The Kier molecular flexibility index (Phi) is 3.83. The van der Waals surface area contributed by atoms with Crippen molar-refractivity contribution in [2.75, 3.05) is 6.54 Å². The zero-order valence-electron chi connectivity index (χ0n) is 10.2. The maximum absolute atomic E-state index is 12.1. The number of carboxylic acids is 1. The predicted molar refractivity (Wildman–Crippen MR) is 68.9 cm³/mol. The standard InChI is InChI=1S/C11H14N2O5S/c1-13-6-4-19-3-5(6)9(16)8(11(13)18)10(17)12-2-7(14)15/h10,12,16-17H,2-4H2,1H3,(H,14,15). The van der Waals surface area contributed by atoms with Crippen LogP contribution < -0.4 is 10.9 Å². The molecule has 8 heteroatoms.